The summed E-state index contributed by atoms with van der Waals surface area (Å²) in [6.45, 7) is 0. The average Bonchev–Trinajstić information content (AvgIpc) is 2.31. The van der Waals surface area contributed by atoms with Crippen molar-refractivity contribution in [2.24, 2.45) is 0 Å². The largest absolute Gasteiger partial charge is 0.383 e. The molecule has 0 radical (unpaired) electrons. The van der Waals surface area contributed by atoms with Crippen LogP contribution in [0, 0.1) is 11.6 Å². The zero-order chi connectivity index (χ0) is 13.3. The summed E-state index contributed by atoms with van der Waals surface area (Å²) in [4.78, 5) is 0. The SMILES string of the molecule is OC(c1cc(F)ccc1F)c1ccc(Br)cc1Cl. The lowest BCUT2D eigenvalue weighted by molar-refractivity contribution is 0.214. The van der Waals surface area contributed by atoms with E-state index in [4.69, 9.17) is 11.6 Å². The van der Waals surface area contributed by atoms with Gasteiger partial charge in [0.1, 0.15) is 17.7 Å². The Morgan fingerprint density at radius 3 is 2.44 bits per heavy atom. The first-order valence-electron chi connectivity index (χ1n) is 5.07. The Labute approximate surface area is 116 Å². The Hall–Kier alpha value is -0.970. The maximum absolute atomic E-state index is 13.5. The monoisotopic (exact) mass is 332 g/mol. The van der Waals surface area contributed by atoms with Gasteiger partial charge in [0, 0.05) is 20.6 Å². The Kier molecular flexibility index (Phi) is 4.00. The zero-order valence-electron chi connectivity index (χ0n) is 9.00. The van der Waals surface area contributed by atoms with Gasteiger partial charge >= 0.3 is 0 Å². The molecule has 2 aromatic rings. The second-order valence-corrected chi connectivity index (χ2v) is 5.06. The van der Waals surface area contributed by atoms with Crippen molar-refractivity contribution in [1.82, 2.24) is 0 Å². The van der Waals surface area contributed by atoms with Crippen LogP contribution < -0.4 is 0 Å². The molecule has 1 N–H and O–H groups in total. The molecule has 1 unspecified atom stereocenters. The fourth-order valence-corrected chi connectivity index (χ4v) is 2.39. The van der Waals surface area contributed by atoms with E-state index in [1.807, 2.05) is 0 Å². The van der Waals surface area contributed by atoms with Crippen LogP contribution >= 0.6 is 27.5 Å². The lowest BCUT2D eigenvalue weighted by atomic mass is 10.0. The predicted molar refractivity (Wildman–Crippen MR) is 69.6 cm³/mol. The van der Waals surface area contributed by atoms with Crippen LogP contribution in [0.25, 0.3) is 0 Å². The molecule has 2 rings (SSSR count). The van der Waals surface area contributed by atoms with Crippen LogP contribution in [0.1, 0.15) is 17.2 Å². The third-order valence-corrected chi connectivity index (χ3v) is 3.33. The molecular weight excluding hydrogens is 325 g/mol. The highest BCUT2D eigenvalue weighted by molar-refractivity contribution is 9.10. The maximum atomic E-state index is 13.5. The van der Waals surface area contributed by atoms with E-state index in [1.54, 1.807) is 18.2 Å². The van der Waals surface area contributed by atoms with Gasteiger partial charge in [-0.1, -0.05) is 33.6 Å². The minimum absolute atomic E-state index is 0.140. The van der Waals surface area contributed by atoms with Crippen molar-refractivity contribution in [2.45, 2.75) is 6.10 Å². The summed E-state index contributed by atoms with van der Waals surface area (Å²) in [5, 5.41) is 10.3. The Balaban J connectivity index is 2.47. The third kappa shape index (κ3) is 2.71. The minimum atomic E-state index is -1.30. The van der Waals surface area contributed by atoms with Gasteiger partial charge in [-0.25, -0.2) is 8.78 Å². The number of rotatable bonds is 2. The normalized spacial score (nSPS) is 12.5. The van der Waals surface area contributed by atoms with Crippen molar-refractivity contribution in [3.05, 3.63) is 68.7 Å². The number of halogens is 4. The van der Waals surface area contributed by atoms with E-state index in [-0.39, 0.29) is 10.6 Å². The molecule has 94 valence electrons. The summed E-state index contributed by atoms with van der Waals surface area (Å²) in [5.74, 6) is -1.29. The number of hydrogen-bond donors (Lipinski definition) is 1. The van der Waals surface area contributed by atoms with Gasteiger partial charge in [0.15, 0.2) is 0 Å². The third-order valence-electron chi connectivity index (χ3n) is 2.51. The van der Waals surface area contributed by atoms with Crippen LogP contribution in [-0.4, -0.2) is 5.11 Å². The highest BCUT2D eigenvalue weighted by Crippen LogP contribution is 2.31. The average molecular weight is 334 g/mol. The molecule has 0 fully saturated rings. The topological polar surface area (TPSA) is 20.2 Å². The molecular formula is C13H8BrClF2O. The van der Waals surface area contributed by atoms with Gasteiger partial charge in [-0.05, 0) is 30.3 Å². The number of benzene rings is 2. The van der Waals surface area contributed by atoms with E-state index in [2.05, 4.69) is 15.9 Å². The van der Waals surface area contributed by atoms with Crippen LogP contribution in [0.4, 0.5) is 8.78 Å². The minimum Gasteiger partial charge on any atom is -0.383 e. The Morgan fingerprint density at radius 2 is 1.78 bits per heavy atom. The molecule has 2 aromatic carbocycles. The zero-order valence-corrected chi connectivity index (χ0v) is 11.3. The summed E-state index contributed by atoms with van der Waals surface area (Å²) in [6.07, 6.45) is -1.30. The van der Waals surface area contributed by atoms with E-state index < -0.39 is 17.7 Å². The lowest BCUT2D eigenvalue weighted by Crippen LogP contribution is -2.04. The van der Waals surface area contributed by atoms with Gasteiger partial charge in [-0.15, -0.1) is 0 Å². The first-order chi connectivity index (χ1) is 8.49. The van der Waals surface area contributed by atoms with Crippen molar-refractivity contribution < 1.29 is 13.9 Å². The van der Waals surface area contributed by atoms with Crippen molar-refractivity contribution >= 4 is 27.5 Å². The molecule has 5 heteroatoms. The highest BCUT2D eigenvalue weighted by atomic mass is 79.9. The van der Waals surface area contributed by atoms with Crippen molar-refractivity contribution in [2.75, 3.05) is 0 Å². The maximum Gasteiger partial charge on any atom is 0.129 e. The standard InChI is InChI=1S/C13H8BrClF2O/c14-7-1-3-9(11(15)5-7)13(18)10-6-8(16)2-4-12(10)17/h1-6,13,18H. The van der Waals surface area contributed by atoms with Crippen LogP contribution in [0.15, 0.2) is 40.9 Å². The van der Waals surface area contributed by atoms with Crippen LogP contribution in [0.2, 0.25) is 5.02 Å². The van der Waals surface area contributed by atoms with Crippen molar-refractivity contribution in [3.8, 4) is 0 Å². The molecule has 0 spiro atoms. The lowest BCUT2D eigenvalue weighted by Gasteiger charge is -2.14. The predicted octanol–water partition coefficient (Wildman–Crippen LogP) is 4.46. The number of aliphatic hydroxyl groups is 1. The number of aliphatic hydroxyl groups excluding tert-OH is 1. The van der Waals surface area contributed by atoms with Gasteiger partial charge in [0.05, 0.1) is 0 Å². The van der Waals surface area contributed by atoms with Crippen molar-refractivity contribution in [3.63, 3.8) is 0 Å². The molecule has 0 bridgehead atoms. The van der Waals surface area contributed by atoms with Gasteiger partial charge in [0.2, 0.25) is 0 Å². The Bertz CT molecular complexity index is 589. The summed E-state index contributed by atoms with van der Waals surface area (Å²) in [6, 6.07) is 7.73. The molecule has 18 heavy (non-hydrogen) atoms. The second-order valence-electron chi connectivity index (χ2n) is 3.73. The first-order valence-corrected chi connectivity index (χ1v) is 6.24. The summed E-state index contributed by atoms with van der Waals surface area (Å²) in [7, 11) is 0. The first kappa shape index (κ1) is 13.5. The van der Waals surface area contributed by atoms with E-state index >= 15 is 0 Å². The highest BCUT2D eigenvalue weighted by Gasteiger charge is 2.18. The molecule has 0 aliphatic rings. The van der Waals surface area contributed by atoms with E-state index in [0.29, 0.717) is 5.56 Å². The summed E-state index contributed by atoms with van der Waals surface area (Å²) in [5.41, 5.74) is 0.184. The molecule has 0 heterocycles. The van der Waals surface area contributed by atoms with Crippen LogP contribution in [-0.2, 0) is 0 Å². The fourth-order valence-electron chi connectivity index (χ4n) is 1.61. The molecule has 0 aromatic heterocycles. The van der Waals surface area contributed by atoms with Crippen LogP contribution in [0.3, 0.4) is 0 Å². The molecule has 0 aliphatic carbocycles. The molecule has 0 saturated carbocycles. The molecule has 0 aliphatic heterocycles. The van der Waals surface area contributed by atoms with Gasteiger partial charge in [-0.2, -0.15) is 0 Å². The van der Waals surface area contributed by atoms with E-state index in [1.165, 1.54) is 0 Å². The van der Waals surface area contributed by atoms with Gasteiger partial charge < -0.3 is 5.11 Å². The molecule has 0 saturated heterocycles. The van der Waals surface area contributed by atoms with E-state index in [0.717, 1.165) is 22.7 Å². The quantitative estimate of drug-likeness (QED) is 0.860. The molecule has 1 atom stereocenters. The fraction of sp³-hybridized carbons (Fsp3) is 0.0769. The smallest absolute Gasteiger partial charge is 0.129 e. The van der Waals surface area contributed by atoms with Gasteiger partial charge in [-0.3, -0.25) is 0 Å². The Morgan fingerprint density at radius 1 is 1.06 bits per heavy atom. The van der Waals surface area contributed by atoms with Crippen LogP contribution in [0.5, 0.6) is 0 Å². The second kappa shape index (κ2) is 5.34. The van der Waals surface area contributed by atoms with Crippen molar-refractivity contribution in [1.29, 1.82) is 0 Å². The number of hydrogen-bond acceptors (Lipinski definition) is 1. The molecule has 0 amide bonds. The van der Waals surface area contributed by atoms with E-state index in [9.17, 15) is 13.9 Å². The summed E-state index contributed by atoms with van der Waals surface area (Å²) >= 11 is 9.19. The summed E-state index contributed by atoms with van der Waals surface area (Å²) < 4.78 is 27.3. The molecule has 1 nitrogen and oxygen atoms in total. The van der Waals surface area contributed by atoms with Gasteiger partial charge in [0.25, 0.3) is 0 Å².